The van der Waals surface area contributed by atoms with Crippen LogP contribution in [0.25, 0.3) is 0 Å². The Labute approximate surface area is 109 Å². The maximum atomic E-state index is 5.85. The smallest absolute Gasteiger partial charge is 0.133 e. The Bertz CT molecular complexity index is 366. The molecule has 1 aromatic heterocycles. The number of hydrogen-bond donors (Lipinski definition) is 1. The zero-order chi connectivity index (χ0) is 13.0. The van der Waals surface area contributed by atoms with E-state index in [4.69, 9.17) is 11.6 Å². The van der Waals surface area contributed by atoms with E-state index in [-0.39, 0.29) is 0 Å². The summed E-state index contributed by atoms with van der Waals surface area (Å²) < 4.78 is 0. The Morgan fingerprint density at radius 3 is 2.41 bits per heavy atom. The van der Waals surface area contributed by atoms with Gasteiger partial charge in [-0.3, -0.25) is 0 Å². The molecule has 0 spiro atoms. The highest BCUT2D eigenvalue weighted by atomic mass is 35.5. The largest absolute Gasteiger partial charge is 0.367 e. The van der Waals surface area contributed by atoms with Crippen molar-refractivity contribution in [1.82, 2.24) is 9.97 Å². The highest BCUT2D eigenvalue weighted by Crippen LogP contribution is 2.16. The summed E-state index contributed by atoms with van der Waals surface area (Å²) >= 11 is 5.85. The molecular weight excluding hydrogens is 234 g/mol. The van der Waals surface area contributed by atoms with E-state index in [1.807, 2.05) is 13.0 Å². The summed E-state index contributed by atoms with van der Waals surface area (Å²) in [4.78, 5) is 8.95. The van der Waals surface area contributed by atoms with Crippen LogP contribution in [-0.2, 0) is 0 Å². The summed E-state index contributed by atoms with van der Waals surface area (Å²) in [6, 6.07) is 2.28. The average molecular weight is 256 g/mol. The lowest BCUT2D eigenvalue weighted by Crippen LogP contribution is -2.25. The van der Waals surface area contributed by atoms with Gasteiger partial charge in [-0.05, 0) is 19.8 Å². The van der Waals surface area contributed by atoms with Gasteiger partial charge in [0.2, 0.25) is 0 Å². The van der Waals surface area contributed by atoms with Gasteiger partial charge in [0.15, 0.2) is 0 Å². The maximum Gasteiger partial charge on any atom is 0.133 e. The first-order chi connectivity index (χ1) is 7.93. The molecule has 0 aliphatic heterocycles. The van der Waals surface area contributed by atoms with E-state index in [2.05, 4.69) is 43.0 Å². The summed E-state index contributed by atoms with van der Waals surface area (Å²) in [5, 5.41) is 3.39. The van der Waals surface area contributed by atoms with Crippen LogP contribution in [0.5, 0.6) is 0 Å². The average Bonchev–Trinajstić information content (AvgIpc) is 2.26. The second-order valence-electron chi connectivity index (χ2n) is 4.97. The molecule has 0 aliphatic rings. The van der Waals surface area contributed by atoms with E-state index < -0.39 is 0 Å². The lowest BCUT2D eigenvalue weighted by Gasteiger charge is -2.20. The third-order valence-corrected chi connectivity index (χ3v) is 3.35. The van der Waals surface area contributed by atoms with Crippen molar-refractivity contribution in [1.29, 1.82) is 0 Å². The van der Waals surface area contributed by atoms with Gasteiger partial charge in [0.05, 0.1) is 0 Å². The molecule has 1 aromatic rings. The van der Waals surface area contributed by atoms with Crippen LogP contribution in [0.2, 0.25) is 0 Å². The van der Waals surface area contributed by atoms with Crippen molar-refractivity contribution >= 4 is 17.4 Å². The summed E-state index contributed by atoms with van der Waals surface area (Å²) in [5.74, 6) is 3.18. The molecule has 0 amide bonds. The number of aryl methyl sites for hydroxylation is 1. The molecule has 0 saturated carbocycles. The van der Waals surface area contributed by atoms with Gasteiger partial charge >= 0.3 is 0 Å². The molecule has 1 heterocycles. The van der Waals surface area contributed by atoms with Crippen LogP contribution in [0.15, 0.2) is 6.07 Å². The van der Waals surface area contributed by atoms with Gasteiger partial charge in [-0.2, -0.15) is 0 Å². The summed E-state index contributed by atoms with van der Waals surface area (Å²) in [6.07, 6.45) is 0. The molecule has 17 heavy (non-hydrogen) atoms. The molecule has 0 aliphatic carbocycles. The summed E-state index contributed by atoms with van der Waals surface area (Å²) in [5.41, 5.74) is 0.997. The molecule has 1 rings (SSSR count). The second-order valence-corrected chi connectivity index (χ2v) is 5.28. The molecule has 2 unspecified atom stereocenters. The fraction of sp³-hybridized carbons (Fsp3) is 0.692. The van der Waals surface area contributed by atoms with Crippen LogP contribution < -0.4 is 5.32 Å². The molecule has 0 bridgehead atoms. The van der Waals surface area contributed by atoms with Crippen LogP contribution in [0.3, 0.4) is 0 Å². The number of aromatic nitrogens is 2. The fourth-order valence-electron chi connectivity index (χ4n) is 1.43. The fourth-order valence-corrected chi connectivity index (χ4v) is 1.70. The van der Waals surface area contributed by atoms with E-state index in [1.165, 1.54) is 0 Å². The van der Waals surface area contributed by atoms with Crippen molar-refractivity contribution in [2.24, 2.45) is 5.92 Å². The minimum atomic E-state index is 0.307. The van der Waals surface area contributed by atoms with E-state index in [9.17, 15) is 0 Å². The zero-order valence-corrected chi connectivity index (χ0v) is 12.0. The van der Waals surface area contributed by atoms with Gasteiger partial charge in [-0.15, -0.1) is 11.6 Å². The first kappa shape index (κ1) is 14.2. The van der Waals surface area contributed by atoms with E-state index in [1.54, 1.807) is 0 Å². The lowest BCUT2D eigenvalue weighted by atomic mass is 10.1. The predicted molar refractivity (Wildman–Crippen MR) is 73.8 cm³/mol. The molecule has 0 radical (unpaired) electrons. The lowest BCUT2D eigenvalue weighted by molar-refractivity contribution is 0.563. The van der Waals surface area contributed by atoms with Gasteiger partial charge in [0.1, 0.15) is 11.6 Å². The molecule has 2 atom stereocenters. The Kier molecular flexibility index (Phi) is 5.19. The molecular formula is C13H22ClN3. The zero-order valence-electron chi connectivity index (χ0n) is 11.3. The number of alkyl halides is 1. The van der Waals surface area contributed by atoms with Crippen molar-refractivity contribution in [2.45, 2.75) is 46.6 Å². The Hall–Kier alpha value is -0.830. The van der Waals surface area contributed by atoms with Crippen LogP contribution in [0, 0.1) is 12.8 Å². The highest BCUT2D eigenvalue weighted by molar-refractivity contribution is 6.18. The maximum absolute atomic E-state index is 5.85. The number of halogens is 1. The Morgan fingerprint density at radius 1 is 1.24 bits per heavy atom. The number of nitrogens with one attached hydrogen (secondary N) is 1. The molecule has 0 fully saturated rings. The van der Waals surface area contributed by atoms with Crippen molar-refractivity contribution in [2.75, 3.05) is 11.2 Å². The van der Waals surface area contributed by atoms with Gasteiger partial charge in [0, 0.05) is 29.6 Å². The minimum Gasteiger partial charge on any atom is -0.367 e. The minimum absolute atomic E-state index is 0.307. The van der Waals surface area contributed by atoms with Gasteiger partial charge < -0.3 is 5.32 Å². The summed E-state index contributed by atoms with van der Waals surface area (Å²) in [6.45, 7) is 10.4. The molecule has 3 nitrogen and oxygen atoms in total. The van der Waals surface area contributed by atoms with Crippen LogP contribution >= 0.6 is 11.6 Å². The Balaban J connectivity index is 2.84. The topological polar surface area (TPSA) is 37.8 Å². The van der Waals surface area contributed by atoms with E-state index >= 15 is 0 Å². The number of rotatable bonds is 5. The van der Waals surface area contributed by atoms with Gasteiger partial charge in [-0.25, -0.2) is 9.97 Å². The number of nitrogens with zero attached hydrogens (tertiary/aromatic N) is 2. The van der Waals surface area contributed by atoms with Crippen LogP contribution in [0.1, 0.15) is 45.1 Å². The van der Waals surface area contributed by atoms with Crippen molar-refractivity contribution in [3.63, 3.8) is 0 Å². The first-order valence-electron chi connectivity index (χ1n) is 6.12. The second kappa shape index (κ2) is 6.20. The van der Waals surface area contributed by atoms with Gasteiger partial charge in [0.25, 0.3) is 0 Å². The number of hydrogen-bond acceptors (Lipinski definition) is 3. The third-order valence-electron chi connectivity index (χ3n) is 2.86. The quantitative estimate of drug-likeness (QED) is 0.818. The van der Waals surface area contributed by atoms with E-state index in [0.717, 1.165) is 17.3 Å². The predicted octanol–water partition coefficient (Wildman–Crippen LogP) is 3.58. The SMILES string of the molecule is Cc1cc(NC(C)C(C)CCl)nc(C(C)C)n1. The molecule has 1 N–H and O–H groups in total. The molecule has 0 saturated heterocycles. The third kappa shape index (κ3) is 4.15. The first-order valence-corrected chi connectivity index (χ1v) is 6.65. The summed E-state index contributed by atoms with van der Waals surface area (Å²) in [7, 11) is 0. The molecule has 96 valence electrons. The van der Waals surface area contributed by atoms with Crippen molar-refractivity contribution in [3.8, 4) is 0 Å². The highest BCUT2D eigenvalue weighted by Gasteiger charge is 2.13. The normalized spacial score (nSPS) is 14.8. The number of anilines is 1. The van der Waals surface area contributed by atoms with Crippen molar-refractivity contribution < 1.29 is 0 Å². The molecule has 0 aromatic carbocycles. The van der Waals surface area contributed by atoms with Crippen molar-refractivity contribution in [3.05, 3.63) is 17.6 Å². The van der Waals surface area contributed by atoms with Gasteiger partial charge in [-0.1, -0.05) is 20.8 Å². The van der Waals surface area contributed by atoms with Crippen LogP contribution in [-0.4, -0.2) is 21.9 Å². The standard InChI is InChI=1S/C13H22ClN3/c1-8(2)13-15-10(4)6-12(17-13)16-11(5)9(3)7-14/h6,8-9,11H,7H2,1-5H3,(H,15,16,17). The van der Waals surface area contributed by atoms with Crippen LogP contribution in [0.4, 0.5) is 5.82 Å². The molecule has 4 heteroatoms. The monoisotopic (exact) mass is 255 g/mol. The van der Waals surface area contributed by atoms with E-state index in [0.29, 0.717) is 23.8 Å². The Morgan fingerprint density at radius 2 is 1.88 bits per heavy atom.